The first kappa shape index (κ1) is 19.3. The van der Waals surface area contributed by atoms with E-state index in [1.165, 1.54) is 0 Å². The van der Waals surface area contributed by atoms with Gasteiger partial charge in [0.15, 0.2) is 29.1 Å². The average Bonchev–Trinajstić information content (AvgIpc) is 3.00. The molecule has 0 aromatic carbocycles. The molecule has 2 saturated heterocycles. The number of carbonyl (C=O) groups is 4. The maximum atomic E-state index is 13.7. The maximum Gasteiger partial charge on any atom is 0.330 e. The zero-order valence-corrected chi connectivity index (χ0v) is 14.8. The standard InChI is InChI=1S/C17H15FN2O9/c18-7-6-20(15(26)19-13(7)25)11-5-16(27)8(21)1-2-9(22)17(14(16)28-11)10(23)3-4-12(24)29-17/h6,11,14,27H,1-5H2,(H,19,25,26)/t11-,14+,16-,17?/m1/s1. The minimum Gasteiger partial charge on any atom is -0.440 e. The van der Waals surface area contributed by atoms with E-state index >= 15 is 0 Å². The lowest BCUT2D eigenvalue weighted by molar-refractivity contribution is -0.206. The number of H-pyrrole nitrogens is 1. The minimum atomic E-state index is -2.53. The van der Waals surface area contributed by atoms with Crippen LogP contribution in [0.3, 0.4) is 0 Å². The van der Waals surface area contributed by atoms with Gasteiger partial charge in [0.2, 0.25) is 5.82 Å². The zero-order chi connectivity index (χ0) is 21.1. The van der Waals surface area contributed by atoms with Gasteiger partial charge in [-0.15, -0.1) is 0 Å². The van der Waals surface area contributed by atoms with E-state index in [1.54, 1.807) is 4.98 Å². The molecule has 12 heteroatoms. The number of nitrogens with zero attached hydrogens (tertiary/aromatic N) is 1. The van der Waals surface area contributed by atoms with E-state index in [-0.39, 0.29) is 12.8 Å². The van der Waals surface area contributed by atoms with Crippen LogP contribution in [0.1, 0.15) is 38.3 Å². The lowest BCUT2D eigenvalue weighted by atomic mass is 9.76. The Kier molecular flexibility index (Phi) is 4.17. The van der Waals surface area contributed by atoms with Crippen molar-refractivity contribution in [2.24, 2.45) is 0 Å². The monoisotopic (exact) mass is 410 g/mol. The highest BCUT2D eigenvalue weighted by Crippen LogP contribution is 2.48. The quantitative estimate of drug-likeness (QED) is 0.405. The predicted molar refractivity (Wildman–Crippen MR) is 87.1 cm³/mol. The van der Waals surface area contributed by atoms with E-state index in [2.05, 4.69) is 0 Å². The second-order valence-electron chi connectivity index (χ2n) is 7.22. The summed E-state index contributed by atoms with van der Waals surface area (Å²) >= 11 is 0. The van der Waals surface area contributed by atoms with E-state index < -0.39 is 83.2 Å². The number of aromatic nitrogens is 2. The van der Waals surface area contributed by atoms with Crippen LogP contribution >= 0.6 is 0 Å². The van der Waals surface area contributed by atoms with Crippen LogP contribution < -0.4 is 11.2 Å². The summed E-state index contributed by atoms with van der Waals surface area (Å²) in [6.07, 6.45) is -5.05. The Morgan fingerprint density at radius 1 is 1.03 bits per heavy atom. The van der Waals surface area contributed by atoms with Crippen molar-refractivity contribution < 1.29 is 38.1 Å². The average molecular weight is 410 g/mol. The number of aromatic amines is 1. The second-order valence-corrected chi connectivity index (χ2v) is 7.22. The normalized spacial score (nSPS) is 34.8. The summed E-state index contributed by atoms with van der Waals surface area (Å²) in [5, 5.41) is 11.1. The summed E-state index contributed by atoms with van der Waals surface area (Å²) in [5.74, 6) is -4.78. The first-order valence-electron chi connectivity index (χ1n) is 8.80. The number of ether oxygens (including phenoxy) is 2. The summed E-state index contributed by atoms with van der Waals surface area (Å²) in [7, 11) is 0. The van der Waals surface area contributed by atoms with Crippen molar-refractivity contribution in [3.05, 3.63) is 32.9 Å². The highest BCUT2D eigenvalue weighted by molar-refractivity contribution is 6.17. The number of esters is 1. The van der Waals surface area contributed by atoms with Crippen molar-refractivity contribution in [1.29, 1.82) is 0 Å². The molecule has 11 nitrogen and oxygen atoms in total. The van der Waals surface area contributed by atoms with Crippen molar-refractivity contribution in [2.45, 2.75) is 55.6 Å². The molecule has 2 aliphatic heterocycles. The summed E-state index contributed by atoms with van der Waals surface area (Å²) in [4.78, 5) is 75.0. The third-order valence-corrected chi connectivity index (χ3v) is 5.54. The summed E-state index contributed by atoms with van der Waals surface area (Å²) in [6, 6.07) is 0. The number of carbonyl (C=O) groups excluding carboxylic acids is 4. The van der Waals surface area contributed by atoms with Crippen LogP contribution in [-0.2, 0) is 28.7 Å². The summed E-state index contributed by atoms with van der Waals surface area (Å²) in [6.45, 7) is 0. The lowest BCUT2D eigenvalue weighted by Crippen LogP contribution is -2.66. The van der Waals surface area contributed by atoms with Gasteiger partial charge in [-0.3, -0.25) is 33.5 Å². The molecule has 3 aliphatic rings. The van der Waals surface area contributed by atoms with Gasteiger partial charge >= 0.3 is 11.7 Å². The molecule has 1 aromatic heterocycles. The van der Waals surface area contributed by atoms with E-state index in [9.17, 15) is 38.3 Å². The Labute approximate surface area is 160 Å². The van der Waals surface area contributed by atoms with Crippen molar-refractivity contribution in [2.75, 3.05) is 0 Å². The molecule has 1 aliphatic carbocycles. The number of hydrogen-bond donors (Lipinski definition) is 2. The molecule has 29 heavy (non-hydrogen) atoms. The van der Waals surface area contributed by atoms with Crippen molar-refractivity contribution in [1.82, 2.24) is 9.55 Å². The number of aliphatic hydroxyl groups is 1. The molecule has 1 unspecified atom stereocenters. The fraction of sp³-hybridized carbons (Fsp3) is 0.529. The van der Waals surface area contributed by atoms with Crippen LogP contribution in [0.4, 0.5) is 4.39 Å². The molecule has 0 radical (unpaired) electrons. The van der Waals surface area contributed by atoms with Gasteiger partial charge in [-0.25, -0.2) is 4.79 Å². The van der Waals surface area contributed by atoms with Crippen LogP contribution in [0.25, 0.3) is 0 Å². The van der Waals surface area contributed by atoms with Crippen LogP contribution in [0.5, 0.6) is 0 Å². The van der Waals surface area contributed by atoms with Gasteiger partial charge in [0, 0.05) is 25.7 Å². The number of hydrogen-bond acceptors (Lipinski definition) is 9. The van der Waals surface area contributed by atoms with Gasteiger partial charge in [-0.2, -0.15) is 4.39 Å². The molecule has 1 aromatic rings. The largest absolute Gasteiger partial charge is 0.440 e. The Hall–Kier alpha value is -2.99. The predicted octanol–water partition coefficient (Wildman–Crippen LogP) is -1.73. The Morgan fingerprint density at radius 3 is 2.34 bits per heavy atom. The molecule has 3 heterocycles. The number of ketones is 3. The van der Waals surface area contributed by atoms with E-state index in [1.807, 2.05) is 0 Å². The molecular formula is C17H15FN2O9. The lowest BCUT2D eigenvalue weighted by Gasteiger charge is -2.40. The molecule has 154 valence electrons. The van der Waals surface area contributed by atoms with Crippen molar-refractivity contribution in [3.63, 3.8) is 0 Å². The molecule has 4 atom stereocenters. The Bertz CT molecular complexity index is 1080. The molecule has 3 fully saturated rings. The van der Waals surface area contributed by atoms with Crippen LogP contribution in [0.2, 0.25) is 0 Å². The van der Waals surface area contributed by atoms with Crippen molar-refractivity contribution in [3.8, 4) is 0 Å². The molecule has 2 N–H and O–H groups in total. The number of Topliss-reactive ketones (excluding diaryl/α,β-unsaturated/α-hetero) is 3. The number of fused-ring (bicyclic) bond motifs is 2. The van der Waals surface area contributed by atoms with Gasteiger partial charge < -0.3 is 14.6 Å². The van der Waals surface area contributed by atoms with Crippen molar-refractivity contribution >= 4 is 23.3 Å². The fourth-order valence-corrected chi connectivity index (χ4v) is 4.10. The topological polar surface area (TPSA) is 162 Å². The van der Waals surface area contributed by atoms with Gasteiger partial charge in [-0.05, 0) is 0 Å². The molecule has 1 saturated carbocycles. The highest BCUT2D eigenvalue weighted by atomic mass is 19.1. The number of nitrogens with one attached hydrogen (secondary N) is 1. The molecule has 1 spiro atoms. The van der Waals surface area contributed by atoms with Crippen LogP contribution in [-0.4, -0.2) is 55.3 Å². The minimum absolute atomic E-state index is 0.277. The van der Waals surface area contributed by atoms with Crippen LogP contribution in [0, 0.1) is 5.82 Å². The smallest absolute Gasteiger partial charge is 0.330 e. The third-order valence-electron chi connectivity index (χ3n) is 5.54. The zero-order valence-electron chi connectivity index (χ0n) is 14.8. The first-order chi connectivity index (χ1) is 13.6. The summed E-state index contributed by atoms with van der Waals surface area (Å²) < 4.78 is 24.9. The number of rotatable bonds is 1. The molecular weight excluding hydrogens is 395 g/mol. The second kappa shape index (κ2) is 6.26. The molecule has 4 rings (SSSR count). The van der Waals surface area contributed by atoms with Gasteiger partial charge in [0.05, 0.1) is 12.6 Å². The van der Waals surface area contributed by atoms with Crippen LogP contribution in [0.15, 0.2) is 15.8 Å². The summed E-state index contributed by atoms with van der Waals surface area (Å²) in [5.41, 5.74) is -7.36. The van der Waals surface area contributed by atoms with E-state index in [0.29, 0.717) is 10.8 Å². The Balaban J connectivity index is 1.86. The number of halogens is 1. The van der Waals surface area contributed by atoms with E-state index in [0.717, 1.165) is 0 Å². The maximum absolute atomic E-state index is 13.7. The van der Waals surface area contributed by atoms with Gasteiger partial charge in [0.25, 0.3) is 11.2 Å². The Morgan fingerprint density at radius 2 is 1.66 bits per heavy atom. The fourth-order valence-electron chi connectivity index (χ4n) is 4.10. The molecule has 0 amide bonds. The first-order valence-corrected chi connectivity index (χ1v) is 8.80. The van der Waals surface area contributed by atoms with E-state index in [4.69, 9.17) is 9.47 Å². The molecule has 0 bridgehead atoms. The van der Waals surface area contributed by atoms with Gasteiger partial charge in [-0.1, -0.05) is 0 Å². The van der Waals surface area contributed by atoms with Gasteiger partial charge in [0.1, 0.15) is 6.23 Å². The SMILES string of the molecule is O=C1CCC(=O)C2(O1)C(=O)CCC(=O)[C@]1(O)C[C@H](n3cc(F)c(=O)[nH]c3=O)O[C@H]21. The highest BCUT2D eigenvalue weighted by Gasteiger charge is 2.70. The third kappa shape index (κ3) is 2.63.